The van der Waals surface area contributed by atoms with E-state index in [1.54, 1.807) is 0 Å². The normalized spacial score (nSPS) is 18.2. The molecular formula is C23H29N5O. The van der Waals surface area contributed by atoms with Gasteiger partial charge in [0.05, 0.1) is 5.69 Å². The number of pyridine rings is 2. The van der Waals surface area contributed by atoms with Crippen molar-refractivity contribution in [2.45, 2.75) is 32.5 Å². The largest absolute Gasteiger partial charge is 0.396 e. The van der Waals surface area contributed by atoms with Crippen molar-refractivity contribution in [3.8, 4) is 5.82 Å². The predicted octanol–water partition coefficient (Wildman–Crippen LogP) is 2.64. The monoisotopic (exact) mass is 391 g/mol. The molecule has 0 aliphatic carbocycles. The lowest BCUT2D eigenvalue weighted by Gasteiger charge is -2.41. The number of aromatic nitrogens is 3. The van der Waals surface area contributed by atoms with Crippen LogP contribution in [0.3, 0.4) is 0 Å². The van der Waals surface area contributed by atoms with Crippen molar-refractivity contribution in [3.05, 3.63) is 78.0 Å². The van der Waals surface area contributed by atoms with Crippen molar-refractivity contribution >= 4 is 0 Å². The number of piperazine rings is 1. The molecule has 0 amide bonds. The smallest absolute Gasteiger partial charge is 0.136 e. The zero-order valence-corrected chi connectivity index (χ0v) is 17.0. The third kappa shape index (κ3) is 4.90. The fraction of sp³-hybridized carbons (Fsp3) is 0.391. The van der Waals surface area contributed by atoms with E-state index in [1.165, 1.54) is 5.69 Å². The molecular weight excluding hydrogens is 362 g/mol. The van der Waals surface area contributed by atoms with E-state index in [4.69, 9.17) is 0 Å². The highest BCUT2D eigenvalue weighted by Gasteiger charge is 2.27. The Morgan fingerprint density at radius 3 is 2.76 bits per heavy atom. The van der Waals surface area contributed by atoms with Gasteiger partial charge >= 0.3 is 0 Å². The molecule has 6 nitrogen and oxygen atoms in total. The standard InChI is InChI=1S/C23H29N5O/c1-19-6-4-7-20(25-19)16-27-14-13-26(17-21(27)10-15-29)18-22-8-5-12-28(22)23-9-2-3-11-24-23/h2-9,11-12,21,29H,10,13-18H2,1H3/t21-/m1/s1. The Kier molecular flexibility index (Phi) is 6.34. The van der Waals surface area contributed by atoms with E-state index in [0.29, 0.717) is 6.04 Å². The average molecular weight is 392 g/mol. The molecule has 1 saturated heterocycles. The Balaban J connectivity index is 1.43. The lowest BCUT2D eigenvalue weighted by Crippen LogP contribution is -2.52. The van der Waals surface area contributed by atoms with E-state index >= 15 is 0 Å². The van der Waals surface area contributed by atoms with Crippen LogP contribution in [-0.2, 0) is 13.1 Å². The van der Waals surface area contributed by atoms with Crippen molar-refractivity contribution in [1.82, 2.24) is 24.3 Å². The summed E-state index contributed by atoms with van der Waals surface area (Å²) in [4.78, 5) is 14.1. The van der Waals surface area contributed by atoms with E-state index in [0.717, 1.165) is 56.4 Å². The van der Waals surface area contributed by atoms with Gasteiger partial charge in [0, 0.05) is 69.2 Å². The second kappa shape index (κ2) is 9.31. The van der Waals surface area contributed by atoms with Gasteiger partial charge in [-0.05, 0) is 49.7 Å². The van der Waals surface area contributed by atoms with Gasteiger partial charge < -0.3 is 9.67 Å². The van der Waals surface area contributed by atoms with Crippen LogP contribution in [0, 0.1) is 6.92 Å². The molecule has 0 radical (unpaired) electrons. The first kappa shape index (κ1) is 19.8. The maximum Gasteiger partial charge on any atom is 0.136 e. The van der Waals surface area contributed by atoms with Gasteiger partial charge in [-0.2, -0.15) is 0 Å². The van der Waals surface area contributed by atoms with E-state index in [1.807, 2.05) is 37.4 Å². The summed E-state index contributed by atoms with van der Waals surface area (Å²) in [6.45, 7) is 6.88. The van der Waals surface area contributed by atoms with E-state index in [9.17, 15) is 5.11 Å². The summed E-state index contributed by atoms with van der Waals surface area (Å²) in [5.74, 6) is 0.948. The van der Waals surface area contributed by atoms with Gasteiger partial charge in [0.2, 0.25) is 0 Å². The molecule has 4 heterocycles. The van der Waals surface area contributed by atoms with Gasteiger partial charge in [0.15, 0.2) is 0 Å². The molecule has 0 bridgehead atoms. The third-order valence-electron chi connectivity index (χ3n) is 5.58. The van der Waals surface area contributed by atoms with Gasteiger partial charge in [-0.1, -0.05) is 12.1 Å². The molecule has 4 rings (SSSR count). The summed E-state index contributed by atoms with van der Waals surface area (Å²) in [5.41, 5.74) is 3.39. The van der Waals surface area contributed by atoms with Crippen LogP contribution >= 0.6 is 0 Å². The lowest BCUT2D eigenvalue weighted by atomic mass is 10.1. The third-order valence-corrected chi connectivity index (χ3v) is 5.58. The SMILES string of the molecule is Cc1cccc(CN2CCN(Cc3cccn3-c3ccccn3)C[C@H]2CCO)n1. The summed E-state index contributed by atoms with van der Waals surface area (Å²) in [5, 5.41) is 9.61. The van der Waals surface area contributed by atoms with Crippen LogP contribution in [-0.4, -0.2) is 61.7 Å². The maximum absolute atomic E-state index is 9.61. The lowest BCUT2D eigenvalue weighted by molar-refractivity contribution is 0.0483. The van der Waals surface area contributed by atoms with Gasteiger partial charge in [-0.25, -0.2) is 4.98 Å². The summed E-state index contributed by atoms with van der Waals surface area (Å²) in [6, 6.07) is 16.8. The van der Waals surface area contributed by atoms with Gasteiger partial charge in [0.25, 0.3) is 0 Å². The van der Waals surface area contributed by atoms with Crippen molar-refractivity contribution in [2.75, 3.05) is 26.2 Å². The van der Waals surface area contributed by atoms with Crippen LogP contribution in [0.4, 0.5) is 0 Å². The molecule has 0 aromatic carbocycles. The van der Waals surface area contributed by atoms with E-state index in [-0.39, 0.29) is 6.61 Å². The molecule has 1 aliphatic rings. The second-order valence-corrected chi connectivity index (χ2v) is 7.70. The Morgan fingerprint density at radius 1 is 1.03 bits per heavy atom. The van der Waals surface area contributed by atoms with Crippen molar-refractivity contribution in [2.24, 2.45) is 0 Å². The van der Waals surface area contributed by atoms with E-state index < -0.39 is 0 Å². The predicted molar refractivity (Wildman–Crippen MR) is 114 cm³/mol. The summed E-state index contributed by atoms with van der Waals surface area (Å²) < 4.78 is 2.16. The minimum atomic E-state index is 0.209. The number of aryl methyl sites for hydroxylation is 1. The molecule has 29 heavy (non-hydrogen) atoms. The second-order valence-electron chi connectivity index (χ2n) is 7.70. The molecule has 0 unspecified atom stereocenters. The van der Waals surface area contributed by atoms with Crippen molar-refractivity contribution in [1.29, 1.82) is 0 Å². The molecule has 0 spiro atoms. The summed E-state index contributed by atoms with van der Waals surface area (Å²) in [6.07, 6.45) is 4.68. The van der Waals surface area contributed by atoms with Crippen LogP contribution in [0.25, 0.3) is 5.82 Å². The molecule has 1 atom stereocenters. The van der Waals surface area contributed by atoms with Gasteiger partial charge in [-0.3, -0.25) is 14.8 Å². The first-order valence-electron chi connectivity index (χ1n) is 10.3. The van der Waals surface area contributed by atoms with Crippen LogP contribution in [0.1, 0.15) is 23.5 Å². The van der Waals surface area contributed by atoms with Crippen LogP contribution in [0.2, 0.25) is 0 Å². The highest BCUT2D eigenvalue weighted by Crippen LogP contribution is 2.19. The first-order valence-corrected chi connectivity index (χ1v) is 10.3. The fourth-order valence-electron chi connectivity index (χ4n) is 4.12. The van der Waals surface area contributed by atoms with Gasteiger partial charge in [0.1, 0.15) is 5.82 Å². The maximum atomic E-state index is 9.61. The average Bonchev–Trinajstić information content (AvgIpc) is 3.19. The minimum absolute atomic E-state index is 0.209. The molecule has 1 fully saturated rings. The number of aliphatic hydroxyl groups is 1. The zero-order chi connectivity index (χ0) is 20.1. The molecule has 6 heteroatoms. The highest BCUT2D eigenvalue weighted by atomic mass is 16.3. The Labute approximate surface area is 172 Å². The van der Waals surface area contributed by atoms with Crippen molar-refractivity contribution < 1.29 is 5.11 Å². The minimum Gasteiger partial charge on any atom is -0.396 e. The summed E-state index contributed by atoms with van der Waals surface area (Å²) in [7, 11) is 0. The molecule has 1 N–H and O–H groups in total. The molecule has 0 saturated carbocycles. The number of hydrogen-bond acceptors (Lipinski definition) is 5. The quantitative estimate of drug-likeness (QED) is 0.671. The fourth-order valence-corrected chi connectivity index (χ4v) is 4.12. The Morgan fingerprint density at radius 2 is 1.97 bits per heavy atom. The first-order chi connectivity index (χ1) is 14.2. The number of hydrogen-bond donors (Lipinski definition) is 1. The van der Waals surface area contributed by atoms with Gasteiger partial charge in [-0.15, -0.1) is 0 Å². The van der Waals surface area contributed by atoms with Crippen LogP contribution in [0.15, 0.2) is 60.9 Å². The number of rotatable bonds is 7. The Bertz CT molecular complexity index is 910. The van der Waals surface area contributed by atoms with E-state index in [2.05, 4.69) is 54.8 Å². The number of nitrogens with zero attached hydrogens (tertiary/aromatic N) is 5. The highest BCUT2D eigenvalue weighted by molar-refractivity contribution is 5.27. The van der Waals surface area contributed by atoms with Crippen molar-refractivity contribution in [3.63, 3.8) is 0 Å². The Hall–Kier alpha value is -2.54. The molecule has 3 aromatic heterocycles. The van der Waals surface area contributed by atoms with Crippen LogP contribution in [0.5, 0.6) is 0 Å². The molecule has 1 aliphatic heterocycles. The summed E-state index contributed by atoms with van der Waals surface area (Å²) >= 11 is 0. The topological polar surface area (TPSA) is 57.4 Å². The molecule has 3 aromatic rings. The van der Waals surface area contributed by atoms with Crippen LogP contribution < -0.4 is 0 Å². The zero-order valence-electron chi connectivity index (χ0n) is 17.0. The molecule has 152 valence electrons. The number of aliphatic hydroxyl groups excluding tert-OH is 1.